The molecule has 0 aliphatic carbocycles. The van der Waals surface area contributed by atoms with Crippen LogP contribution < -0.4 is 9.47 Å². The Hall–Kier alpha value is -1.79. The third-order valence-electron chi connectivity index (χ3n) is 2.50. The molecule has 0 spiro atoms. The number of β-amino-alcohol motifs (C(OH)–C–C–N with tert-alkyl or cyclic N) is 1. The van der Waals surface area contributed by atoms with Gasteiger partial charge in [-0.25, -0.2) is 5.06 Å². The van der Waals surface area contributed by atoms with Crippen molar-refractivity contribution >= 4 is 5.91 Å². The van der Waals surface area contributed by atoms with Gasteiger partial charge in [0.2, 0.25) is 0 Å². The monoisotopic (exact) mass is 253 g/mol. The average Bonchev–Trinajstić information content (AvgIpc) is 2.83. The Balaban J connectivity index is 1.89. The number of rotatable bonds is 4. The third-order valence-corrected chi connectivity index (χ3v) is 2.50. The highest BCUT2D eigenvalue weighted by molar-refractivity contribution is 5.77. The number of para-hydroxylation sites is 2. The van der Waals surface area contributed by atoms with Crippen LogP contribution in [0.3, 0.4) is 0 Å². The van der Waals surface area contributed by atoms with Gasteiger partial charge < -0.3 is 14.6 Å². The number of benzene rings is 1. The molecule has 1 atom stereocenters. The molecular weight excluding hydrogens is 238 g/mol. The summed E-state index contributed by atoms with van der Waals surface area (Å²) in [5, 5.41) is 10.3. The Kier molecular flexibility index (Phi) is 4.01. The molecule has 1 heterocycles. The van der Waals surface area contributed by atoms with Crippen molar-refractivity contribution in [2.75, 3.05) is 26.9 Å². The lowest BCUT2D eigenvalue weighted by Gasteiger charge is -2.15. The quantitative estimate of drug-likeness (QED) is 0.830. The molecule has 0 radical (unpaired) electrons. The largest absolute Gasteiger partial charge is 0.493 e. The van der Waals surface area contributed by atoms with Gasteiger partial charge in [0, 0.05) is 0 Å². The number of aliphatic hydroxyl groups excluding tert-OH is 1. The van der Waals surface area contributed by atoms with E-state index in [1.807, 2.05) is 6.07 Å². The average molecular weight is 253 g/mol. The predicted octanol–water partition coefficient (Wildman–Crippen LogP) is 0.209. The molecule has 0 aromatic heterocycles. The molecule has 0 saturated carbocycles. The van der Waals surface area contributed by atoms with E-state index in [-0.39, 0.29) is 25.7 Å². The van der Waals surface area contributed by atoms with E-state index < -0.39 is 6.10 Å². The van der Waals surface area contributed by atoms with Crippen LogP contribution in [-0.2, 0) is 9.63 Å². The molecule has 98 valence electrons. The maximum Gasteiger partial charge on any atom is 0.284 e. The number of hydrogen-bond acceptors (Lipinski definition) is 5. The molecular formula is C12H15NO5. The Morgan fingerprint density at radius 2 is 2.22 bits per heavy atom. The fourth-order valence-corrected chi connectivity index (χ4v) is 1.60. The van der Waals surface area contributed by atoms with Crippen LogP contribution in [0.2, 0.25) is 0 Å². The van der Waals surface area contributed by atoms with Gasteiger partial charge in [0.15, 0.2) is 18.1 Å². The van der Waals surface area contributed by atoms with E-state index >= 15 is 0 Å². The van der Waals surface area contributed by atoms with E-state index in [1.54, 1.807) is 18.2 Å². The minimum atomic E-state index is -0.625. The van der Waals surface area contributed by atoms with E-state index in [4.69, 9.17) is 14.3 Å². The fraction of sp³-hybridized carbons (Fsp3) is 0.417. The van der Waals surface area contributed by atoms with Gasteiger partial charge in [0.25, 0.3) is 5.91 Å². The second kappa shape index (κ2) is 5.70. The Morgan fingerprint density at radius 1 is 1.50 bits per heavy atom. The SMILES string of the molecule is COc1ccccc1OCC(=O)N1CC(O)CO1. The molecule has 1 amide bonds. The maximum atomic E-state index is 11.7. The normalized spacial score (nSPS) is 18.8. The molecule has 1 N–H and O–H groups in total. The molecule has 1 saturated heterocycles. The van der Waals surface area contributed by atoms with Crippen molar-refractivity contribution in [3.63, 3.8) is 0 Å². The number of hydroxylamine groups is 2. The van der Waals surface area contributed by atoms with Crippen LogP contribution in [0.5, 0.6) is 11.5 Å². The van der Waals surface area contributed by atoms with E-state index in [9.17, 15) is 9.90 Å². The highest BCUT2D eigenvalue weighted by Crippen LogP contribution is 2.25. The lowest BCUT2D eigenvalue weighted by atomic mass is 10.3. The number of hydrogen-bond donors (Lipinski definition) is 1. The highest BCUT2D eigenvalue weighted by Gasteiger charge is 2.26. The molecule has 6 heteroatoms. The summed E-state index contributed by atoms with van der Waals surface area (Å²) in [5.41, 5.74) is 0. The molecule has 1 unspecified atom stereocenters. The van der Waals surface area contributed by atoms with Crippen molar-refractivity contribution in [1.82, 2.24) is 5.06 Å². The molecule has 2 rings (SSSR count). The van der Waals surface area contributed by atoms with Gasteiger partial charge in [-0.15, -0.1) is 0 Å². The maximum absolute atomic E-state index is 11.7. The number of ether oxygens (including phenoxy) is 2. The Bertz CT molecular complexity index is 423. The number of carbonyl (C=O) groups excluding carboxylic acids is 1. The molecule has 1 fully saturated rings. The summed E-state index contributed by atoms with van der Waals surface area (Å²) in [6.07, 6.45) is -0.625. The lowest BCUT2D eigenvalue weighted by molar-refractivity contribution is -0.170. The summed E-state index contributed by atoms with van der Waals surface area (Å²) in [4.78, 5) is 16.7. The summed E-state index contributed by atoms with van der Waals surface area (Å²) in [5.74, 6) is 0.721. The van der Waals surface area contributed by atoms with Crippen LogP contribution in [0.1, 0.15) is 0 Å². The third kappa shape index (κ3) is 2.91. The smallest absolute Gasteiger partial charge is 0.284 e. The van der Waals surface area contributed by atoms with Crippen LogP contribution >= 0.6 is 0 Å². The summed E-state index contributed by atoms with van der Waals surface area (Å²) < 4.78 is 10.5. The van der Waals surface area contributed by atoms with E-state index in [2.05, 4.69) is 0 Å². The minimum absolute atomic E-state index is 0.139. The molecule has 1 aliphatic heterocycles. The number of nitrogens with zero attached hydrogens (tertiary/aromatic N) is 1. The number of carbonyl (C=O) groups is 1. The van der Waals surface area contributed by atoms with Crippen LogP contribution in [-0.4, -0.2) is 49.0 Å². The van der Waals surface area contributed by atoms with Gasteiger partial charge >= 0.3 is 0 Å². The number of amides is 1. The molecule has 0 bridgehead atoms. The van der Waals surface area contributed by atoms with Gasteiger partial charge in [-0.05, 0) is 12.1 Å². The molecule has 18 heavy (non-hydrogen) atoms. The standard InChI is InChI=1S/C12H15NO5/c1-16-10-4-2-3-5-11(10)17-8-12(15)13-6-9(14)7-18-13/h2-5,9,14H,6-8H2,1H3. The summed E-state index contributed by atoms with van der Waals surface area (Å²) in [6.45, 7) is 0.154. The van der Waals surface area contributed by atoms with Crippen LogP contribution in [0, 0.1) is 0 Å². The van der Waals surface area contributed by atoms with Crippen molar-refractivity contribution in [1.29, 1.82) is 0 Å². The first-order valence-corrected chi connectivity index (χ1v) is 5.58. The zero-order valence-corrected chi connectivity index (χ0v) is 10.0. The van der Waals surface area contributed by atoms with Gasteiger partial charge in [0.05, 0.1) is 13.7 Å². The molecule has 1 aliphatic rings. The van der Waals surface area contributed by atoms with Gasteiger partial charge in [0.1, 0.15) is 12.7 Å². The zero-order chi connectivity index (χ0) is 13.0. The highest BCUT2D eigenvalue weighted by atomic mass is 16.7. The van der Waals surface area contributed by atoms with Gasteiger partial charge in [-0.3, -0.25) is 9.63 Å². The summed E-state index contributed by atoms with van der Waals surface area (Å²) >= 11 is 0. The van der Waals surface area contributed by atoms with Crippen LogP contribution in [0.25, 0.3) is 0 Å². The summed E-state index contributed by atoms with van der Waals surface area (Å²) in [7, 11) is 1.53. The first-order valence-electron chi connectivity index (χ1n) is 5.58. The zero-order valence-electron chi connectivity index (χ0n) is 10.0. The first kappa shape index (κ1) is 12.7. The lowest BCUT2D eigenvalue weighted by Crippen LogP contribution is -2.32. The van der Waals surface area contributed by atoms with Crippen LogP contribution in [0.4, 0.5) is 0 Å². The van der Waals surface area contributed by atoms with Gasteiger partial charge in [-0.2, -0.15) is 0 Å². The Morgan fingerprint density at radius 3 is 2.83 bits per heavy atom. The molecule has 6 nitrogen and oxygen atoms in total. The molecule has 1 aromatic carbocycles. The summed E-state index contributed by atoms with van der Waals surface area (Å²) in [6, 6.07) is 7.06. The second-order valence-corrected chi connectivity index (χ2v) is 3.84. The fourth-order valence-electron chi connectivity index (χ4n) is 1.60. The minimum Gasteiger partial charge on any atom is -0.493 e. The van der Waals surface area contributed by atoms with E-state index in [0.29, 0.717) is 11.5 Å². The number of aliphatic hydroxyl groups is 1. The van der Waals surface area contributed by atoms with Crippen molar-refractivity contribution in [2.45, 2.75) is 6.10 Å². The van der Waals surface area contributed by atoms with E-state index in [0.717, 1.165) is 5.06 Å². The van der Waals surface area contributed by atoms with Gasteiger partial charge in [-0.1, -0.05) is 12.1 Å². The Labute approximate surface area is 105 Å². The number of methoxy groups -OCH3 is 1. The molecule has 1 aromatic rings. The first-order chi connectivity index (χ1) is 8.70. The second-order valence-electron chi connectivity index (χ2n) is 3.84. The predicted molar refractivity (Wildman–Crippen MR) is 62.2 cm³/mol. The van der Waals surface area contributed by atoms with Crippen molar-refractivity contribution in [3.05, 3.63) is 24.3 Å². The van der Waals surface area contributed by atoms with Crippen molar-refractivity contribution in [3.8, 4) is 11.5 Å². The van der Waals surface area contributed by atoms with Crippen molar-refractivity contribution in [2.24, 2.45) is 0 Å². The van der Waals surface area contributed by atoms with Crippen LogP contribution in [0.15, 0.2) is 24.3 Å². The van der Waals surface area contributed by atoms with E-state index in [1.165, 1.54) is 7.11 Å². The van der Waals surface area contributed by atoms with Crippen molar-refractivity contribution < 1.29 is 24.2 Å². The topological polar surface area (TPSA) is 68.2 Å².